The predicted molar refractivity (Wildman–Crippen MR) is 115 cm³/mol. The third-order valence-corrected chi connectivity index (χ3v) is 5.13. The molecule has 2 aromatic carbocycles. The fourth-order valence-electron chi connectivity index (χ4n) is 3.36. The van der Waals surface area contributed by atoms with Gasteiger partial charge in [-0.15, -0.1) is 0 Å². The Balaban J connectivity index is 1.69. The molecule has 0 radical (unpaired) electrons. The number of nitrogens with one attached hydrogen (secondary N) is 2. The number of benzene rings is 2. The molecular weight excluding hydrogens is 415 g/mol. The van der Waals surface area contributed by atoms with Crippen molar-refractivity contribution in [1.82, 2.24) is 10.6 Å². The number of amides is 2. The largest absolute Gasteiger partial charge is 0.379 e. The Morgan fingerprint density at radius 3 is 2.56 bits per heavy atom. The molecule has 0 aromatic heterocycles. The number of halogens is 1. The lowest BCUT2D eigenvalue weighted by atomic mass is 10.0. The van der Waals surface area contributed by atoms with E-state index in [9.17, 15) is 18.8 Å². The highest BCUT2D eigenvalue weighted by Gasteiger charge is 2.27. The molecule has 0 fully saturated rings. The van der Waals surface area contributed by atoms with Gasteiger partial charge in [-0.1, -0.05) is 30.3 Å². The maximum absolute atomic E-state index is 13.0. The third kappa shape index (κ3) is 6.96. The number of fused-ring (bicyclic) bond motifs is 1. The van der Waals surface area contributed by atoms with E-state index in [0.717, 1.165) is 0 Å². The first-order valence-electron chi connectivity index (χ1n) is 10.7. The molecule has 2 aromatic rings. The first kappa shape index (κ1) is 23.6. The molecular formula is C24H27FN2O5. The van der Waals surface area contributed by atoms with E-state index in [1.807, 2.05) is 0 Å². The van der Waals surface area contributed by atoms with Gasteiger partial charge in [0.2, 0.25) is 5.78 Å². The van der Waals surface area contributed by atoms with Crippen LogP contribution in [-0.4, -0.2) is 43.5 Å². The zero-order valence-corrected chi connectivity index (χ0v) is 17.8. The minimum atomic E-state index is -0.965. The summed E-state index contributed by atoms with van der Waals surface area (Å²) in [4.78, 5) is 38.2. The first-order chi connectivity index (χ1) is 15.5. The molecule has 1 unspecified atom stereocenters. The van der Waals surface area contributed by atoms with Gasteiger partial charge in [0.25, 0.3) is 11.8 Å². The Bertz CT molecular complexity index is 932. The number of ketones is 1. The first-order valence-corrected chi connectivity index (χ1v) is 10.7. The van der Waals surface area contributed by atoms with Crippen LogP contribution in [-0.2, 0) is 32.2 Å². The van der Waals surface area contributed by atoms with Crippen LogP contribution in [0.5, 0.6) is 0 Å². The van der Waals surface area contributed by atoms with E-state index in [4.69, 9.17) is 9.47 Å². The fourth-order valence-corrected chi connectivity index (χ4v) is 3.36. The molecule has 1 aliphatic rings. The Morgan fingerprint density at radius 1 is 1.00 bits per heavy atom. The highest BCUT2D eigenvalue weighted by atomic mass is 19.1. The van der Waals surface area contributed by atoms with E-state index in [-0.39, 0.29) is 19.0 Å². The minimum absolute atomic E-state index is 0.0829. The van der Waals surface area contributed by atoms with E-state index in [2.05, 4.69) is 10.6 Å². The lowest BCUT2D eigenvalue weighted by Gasteiger charge is -2.19. The summed E-state index contributed by atoms with van der Waals surface area (Å²) in [6.07, 6.45) is 1.61. The monoisotopic (exact) mass is 442 g/mol. The van der Waals surface area contributed by atoms with Crippen molar-refractivity contribution >= 4 is 17.6 Å². The van der Waals surface area contributed by atoms with Gasteiger partial charge in [0.05, 0.1) is 25.9 Å². The van der Waals surface area contributed by atoms with Crippen molar-refractivity contribution < 1.29 is 28.2 Å². The molecule has 2 amide bonds. The summed E-state index contributed by atoms with van der Waals surface area (Å²) in [5, 5.41) is 5.27. The SMILES string of the molecule is O=C(NCc1ccc(F)cc1)C(=O)C1CCCCOCCOCc2ccccc2C(=O)N1. The lowest BCUT2D eigenvalue weighted by Crippen LogP contribution is -2.47. The molecule has 2 N–H and O–H groups in total. The average Bonchev–Trinajstić information content (AvgIpc) is 2.81. The summed E-state index contributed by atoms with van der Waals surface area (Å²) in [5.74, 6) is -2.33. The zero-order valence-electron chi connectivity index (χ0n) is 17.8. The lowest BCUT2D eigenvalue weighted by molar-refractivity contribution is -0.139. The van der Waals surface area contributed by atoms with Crippen molar-refractivity contribution in [1.29, 1.82) is 0 Å². The van der Waals surface area contributed by atoms with Gasteiger partial charge in [-0.05, 0) is 48.6 Å². The Morgan fingerprint density at radius 2 is 1.75 bits per heavy atom. The number of hydrogen-bond acceptors (Lipinski definition) is 5. The summed E-state index contributed by atoms with van der Waals surface area (Å²) in [7, 11) is 0. The van der Waals surface area contributed by atoms with Gasteiger partial charge in [0.1, 0.15) is 5.82 Å². The second kappa shape index (κ2) is 12.1. The van der Waals surface area contributed by atoms with Crippen molar-refractivity contribution in [2.75, 3.05) is 19.8 Å². The van der Waals surface area contributed by atoms with E-state index in [0.29, 0.717) is 55.8 Å². The fraction of sp³-hybridized carbons (Fsp3) is 0.375. The molecule has 0 spiro atoms. The van der Waals surface area contributed by atoms with Gasteiger partial charge in [-0.2, -0.15) is 0 Å². The molecule has 170 valence electrons. The van der Waals surface area contributed by atoms with E-state index < -0.39 is 23.6 Å². The maximum Gasteiger partial charge on any atom is 0.289 e. The Labute approximate surface area is 186 Å². The van der Waals surface area contributed by atoms with Crippen LogP contribution in [0.3, 0.4) is 0 Å². The third-order valence-electron chi connectivity index (χ3n) is 5.13. The molecule has 3 rings (SSSR count). The van der Waals surface area contributed by atoms with E-state index >= 15 is 0 Å². The Hall–Kier alpha value is -3.10. The summed E-state index contributed by atoms with van der Waals surface area (Å²) in [6.45, 7) is 1.70. The highest BCUT2D eigenvalue weighted by molar-refractivity contribution is 6.38. The number of ether oxygens (including phenoxy) is 2. The van der Waals surface area contributed by atoms with E-state index in [1.54, 1.807) is 24.3 Å². The van der Waals surface area contributed by atoms with Gasteiger partial charge < -0.3 is 20.1 Å². The van der Waals surface area contributed by atoms with Gasteiger partial charge in [-0.3, -0.25) is 14.4 Å². The van der Waals surface area contributed by atoms with Crippen LogP contribution >= 0.6 is 0 Å². The normalized spacial score (nSPS) is 18.0. The van der Waals surface area contributed by atoms with Crippen molar-refractivity contribution in [3.63, 3.8) is 0 Å². The number of rotatable bonds is 4. The average molecular weight is 442 g/mol. The van der Waals surface area contributed by atoms with Crippen LogP contribution < -0.4 is 10.6 Å². The van der Waals surface area contributed by atoms with Gasteiger partial charge >= 0.3 is 0 Å². The van der Waals surface area contributed by atoms with Gasteiger partial charge in [0, 0.05) is 18.7 Å². The number of Topliss-reactive ketones (excluding diaryl/α,β-unsaturated/α-hetero) is 1. The molecule has 1 aliphatic heterocycles. The van der Waals surface area contributed by atoms with Crippen LogP contribution in [0.15, 0.2) is 48.5 Å². The van der Waals surface area contributed by atoms with Crippen molar-refractivity contribution in [3.05, 3.63) is 71.0 Å². The molecule has 1 heterocycles. The second-order valence-corrected chi connectivity index (χ2v) is 7.52. The topological polar surface area (TPSA) is 93.7 Å². The summed E-state index contributed by atoms with van der Waals surface area (Å²) in [5.41, 5.74) is 1.75. The summed E-state index contributed by atoms with van der Waals surface area (Å²) in [6, 6.07) is 11.6. The maximum atomic E-state index is 13.0. The van der Waals surface area contributed by atoms with Crippen molar-refractivity contribution in [3.8, 4) is 0 Å². The predicted octanol–water partition coefficient (Wildman–Crippen LogP) is 2.53. The Kier molecular flexibility index (Phi) is 8.89. The van der Waals surface area contributed by atoms with Crippen LogP contribution in [0.2, 0.25) is 0 Å². The van der Waals surface area contributed by atoms with Crippen molar-refractivity contribution in [2.45, 2.75) is 38.5 Å². The summed E-state index contributed by atoms with van der Waals surface area (Å²) < 4.78 is 24.1. The molecule has 0 saturated heterocycles. The van der Waals surface area contributed by atoms with Crippen molar-refractivity contribution in [2.24, 2.45) is 0 Å². The van der Waals surface area contributed by atoms with Crippen LogP contribution in [0.25, 0.3) is 0 Å². The van der Waals surface area contributed by atoms with Crippen LogP contribution in [0.4, 0.5) is 4.39 Å². The van der Waals surface area contributed by atoms with Crippen LogP contribution in [0.1, 0.15) is 40.7 Å². The number of carbonyl (C=O) groups is 3. The molecule has 7 nitrogen and oxygen atoms in total. The zero-order chi connectivity index (χ0) is 22.8. The molecule has 32 heavy (non-hydrogen) atoms. The number of hydrogen-bond donors (Lipinski definition) is 2. The number of carbonyl (C=O) groups excluding carboxylic acids is 3. The quantitative estimate of drug-likeness (QED) is 0.710. The second-order valence-electron chi connectivity index (χ2n) is 7.52. The highest BCUT2D eigenvalue weighted by Crippen LogP contribution is 2.13. The van der Waals surface area contributed by atoms with Crippen LogP contribution in [0, 0.1) is 5.82 Å². The molecule has 8 heteroatoms. The molecule has 0 saturated carbocycles. The molecule has 0 bridgehead atoms. The standard InChI is InChI=1S/C24H27FN2O5/c25-19-10-8-17(9-11-19)15-26-24(30)22(28)21-7-3-4-12-31-13-14-32-16-18-5-1-2-6-20(18)23(29)27-21/h1-2,5-6,8-11,21H,3-4,7,12-16H2,(H,26,30)(H,27,29). The van der Waals surface area contributed by atoms with E-state index in [1.165, 1.54) is 24.3 Å². The minimum Gasteiger partial charge on any atom is -0.379 e. The molecule has 0 aliphatic carbocycles. The summed E-state index contributed by atoms with van der Waals surface area (Å²) >= 11 is 0. The smallest absolute Gasteiger partial charge is 0.289 e. The van der Waals surface area contributed by atoms with Gasteiger partial charge in [0.15, 0.2) is 0 Å². The van der Waals surface area contributed by atoms with Gasteiger partial charge in [-0.25, -0.2) is 4.39 Å². The molecule has 1 atom stereocenters.